The molecule has 0 heterocycles. The summed E-state index contributed by atoms with van der Waals surface area (Å²) in [4.78, 5) is 10.8. The Morgan fingerprint density at radius 2 is 1.59 bits per heavy atom. The van der Waals surface area contributed by atoms with Crippen molar-refractivity contribution in [3.63, 3.8) is 0 Å². The Hall–Kier alpha value is -0.890. The van der Waals surface area contributed by atoms with Crippen LogP contribution in [0, 0.1) is 16.7 Å². The van der Waals surface area contributed by atoms with Gasteiger partial charge in [0.05, 0.1) is 11.8 Å². The number of sulfone groups is 1. The van der Waals surface area contributed by atoms with Crippen LogP contribution in [0.5, 0.6) is 0 Å². The number of hydrogen-bond donors (Lipinski definition) is 1. The zero-order chi connectivity index (χ0) is 22.3. The number of nitrogens with zero attached hydrogens (tertiary/aromatic N) is 1. The van der Waals surface area contributed by atoms with E-state index in [1.54, 1.807) is 6.07 Å². The van der Waals surface area contributed by atoms with Gasteiger partial charge in [0, 0.05) is 12.2 Å². The van der Waals surface area contributed by atoms with E-state index in [-0.39, 0.29) is 5.75 Å². The number of thiocarbonyl (C=S) groups is 1. The van der Waals surface area contributed by atoms with Crippen LogP contribution in [0.1, 0.15) is 84.0 Å². The molecule has 0 amide bonds. The number of nitriles is 1. The van der Waals surface area contributed by atoms with Crippen molar-refractivity contribution in [1.82, 2.24) is 0 Å². The largest absolute Gasteiger partial charge is 0.772 e. The van der Waals surface area contributed by atoms with Gasteiger partial charge in [0.1, 0.15) is 9.61 Å². The van der Waals surface area contributed by atoms with Crippen LogP contribution in [-0.2, 0) is 25.7 Å². The van der Waals surface area contributed by atoms with Gasteiger partial charge in [0.15, 0.2) is 9.84 Å². The molecule has 0 aromatic carbocycles. The molecule has 2 atom stereocenters. The fourth-order valence-corrected chi connectivity index (χ4v) is 6.05. The van der Waals surface area contributed by atoms with Gasteiger partial charge in [-0.15, -0.1) is 0 Å². The van der Waals surface area contributed by atoms with Crippen molar-refractivity contribution in [2.75, 3.05) is 11.5 Å². The van der Waals surface area contributed by atoms with Crippen molar-refractivity contribution < 1.29 is 27.1 Å². The molecule has 0 aromatic rings. The molecule has 0 bridgehead atoms. The summed E-state index contributed by atoms with van der Waals surface area (Å²) in [6.07, 6.45) is 9.28. The molecule has 29 heavy (non-hydrogen) atoms. The molecule has 0 fully saturated rings. The number of carboxylic acids is 1. The minimum absolute atomic E-state index is 0.260. The van der Waals surface area contributed by atoms with Crippen LogP contribution in [0.15, 0.2) is 0 Å². The summed E-state index contributed by atoms with van der Waals surface area (Å²) in [6, 6.07) is 1.67. The average Bonchev–Trinajstić information content (AvgIpc) is 2.65. The van der Waals surface area contributed by atoms with E-state index in [1.165, 1.54) is 32.1 Å². The second kappa shape index (κ2) is 15.0. The third-order valence-corrected chi connectivity index (χ3v) is 8.45. The van der Waals surface area contributed by atoms with Gasteiger partial charge in [-0.2, -0.15) is 5.26 Å². The second-order valence-corrected chi connectivity index (χ2v) is 10.9. The maximum absolute atomic E-state index is 12.6. The van der Waals surface area contributed by atoms with E-state index in [0.29, 0.717) is 12.8 Å². The van der Waals surface area contributed by atoms with E-state index in [0.717, 1.165) is 19.3 Å². The highest BCUT2D eigenvalue weighted by Gasteiger charge is 2.42. The van der Waals surface area contributed by atoms with E-state index < -0.39 is 55.1 Å². The number of carbonyl (C=O) groups is 1. The fourth-order valence-electron chi connectivity index (χ4n) is 3.06. The lowest BCUT2D eigenvalue weighted by molar-refractivity contribution is -0.137. The first-order valence-electron chi connectivity index (χ1n) is 10.1. The first-order chi connectivity index (χ1) is 13.6. The molecule has 0 radical (unpaired) electrons. The predicted molar refractivity (Wildman–Crippen MR) is 117 cm³/mol. The molecular formula is C19H32NO6S3-. The van der Waals surface area contributed by atoms with Gasteiger partial charge in [0.25, 0.3) is 0 Å². The van der Waals surface area contributed by atoms with E-state index in [4.69, 9.17) is 17.3 Å². The van der Waals surface area contributed by atoms with Crippen LogP contribution in [-0.4, -0.2) is 44.0 Å². The normalized spacial score (nSPS) is 14.7. The van der Waals surface area contributed by atoms with E-state index in [2.05, 4.69) is 6.92 Å². The van der Waals surface area contributed by atoms with Crippen molar-refractivity contribution >= 4 is 43.3 Å². The monoisotopic (exact) mass is 466 g/mol. The Morgan fingerprint density at radius 3 is 2.00 bits per heavy atom. The van der Waals surface area contributed by atoms with Gasteiger partial charge in [-0.05, 0) is 12.8 Å². The first-order valence-corrected chi connectivity index (χ1v) is 13.4. The third kappa shape index (κ3) is 11.8. The molecule has 0 aliphatic carbocycles. The standard InChI is InChI=1S/C19H33NO6S3/c1-2-3-4-5-6-7-8-9-10-11-14-29(25,26)18(27)19(15-20,16-28(23)24)13-12-17(21)22/h2-14,16H2,1H3,(H,21,22)(H,23,24)/p-1. The van der Waals surface area contributed by atoms with Gasteiger partial charge in [-0.3, -0.25) is 9.00 Å². The van der Waals surface area contributed by atoms with Gasteiger partial charge >= 0.3 is 5.97 Å². The number of hydrogen-bond acceptors (Lipinski definition) is 7. The van der Waals surface area contributed by atoms with E-state index in [9.17, 15) is 27.2 Å². The quantitative estimate of drug-likeness (QED) is 0.194. The molecule has 2 unspecified atom stereocenters. The van der Waals surface area contributed by atoms with Crippen LogP contribution < -0.4 is 0 Å². The lowest BCUT2D eigenvalue weighted by atomic mass is 9.89. The summed E-state index contributed by atoms with van der Waals surface area (Å²) in [6.45, 7) is 2.17. The van der Waals surface area contributed by atoms with Crippen molar-refractivity contribution in [2.45, 2.75) is 84.0 Å². The number of unbranched alkanes of at least 4 members (excludes halogenated alkanes) is 9. The van der Waals surface area contributed by atoms with Gasteiger partial charge in [0.2, 0.25) is 0 Å². The Kier molecular flexibility index (Phi) is 14.5. The summed E-state index contributed by atoms with van der Waals surface area (Å²) in [5.41, 5.74) is -2.02. The summed E-state index contributed by atoms with van der Waals surface area (Å²) in [5, 5.41) is 18.3. The minimum Gasteiger partial charge on any atom is -0.772 e. The zero-order valence-corrected chi connectivity index (χ0v) is 19.5. The Labute approximate surface area is 182 Å². The fraction of sp³-hybridized carbons (Fsp3) is 0.842. The molecule has 0 aliphatic heterocycles. The number of rotatable bonds is 17. The molecule has 7 nitrogen and oxygen atoms in total. The zero-order valence-electron chi connectivity index (χ0n) is 17.1. The Balaban J connectivity index is 4.63. The van der Waals surface area contributed by atoms with Crippen molar-refractivity contribution in [3.8, 4) is 6.07 Å². The summed E-state index contributed by atoms with van der Waals surface area (Å²) in [5.74, 6) is -2.34. The highest BCUT2D eigenvalue weighted by Crippen LogP contribution is 2.30. The number of aliphatic carboxylic acids is 1. The molecule has 168 valence electrons. The lowest BCUT2D eigenvalue weighted by Crippen LogP contribution is -2.40. The smallest absolute Gasteiger partial charge is 0.303 e. The third-order valence-electron chi connectivity index (χ3n) is 4.78. The Bertz CT molecular complexity index is 687. The molecule has 0 saturated carbocycles. The summed E-state index contributed by atoms with van der Waals surface area (Å²) < 4.78 is 46.7. The topological polar surface area (TPSA) is 135 Å². The molecule has 0 aliphatic rings. The highest BCUT2D eigenvalue weighted by atomic mass is 32.2. The van der Waals surface area contributed by atoms with Crippen LogP contribution in [0.25, 0.3) is 0 Å². The molecule has 0 spiro atoms. The van der Waals surface area contributed by atoms with Crippen molar-refractivity contribution in [2.24, 2.45) is 5.41 Å². The summed E-state index contributed by atoms with van der Waals surface area (Å²) in [7, 11) is -3.99. The molecular weight excluding hydrogens is 434 g/mol. The second-order valence-electron chi connectivity index (χ2n) is 7.32. The van der Waals surface area contributed by atoms with Crippen LogP contribution >= 0.6 is 12.2 Å². The predicted octanol–water partition coefficient (Wildman–Crippen LogP) is 3.90. The average molecular weight is 467 g/mol. The van der Waals surface area contributed by atoms with Gasteiger partial charge in [-0.25, -0.2) is 8.42 Å². The van der Waals surface area contributed by atoms with Crippen molar-refractivity contribution in [3.05, 3.63) is 0 Å². The first kappa shape index (κ1) is 28.1. The summed E-state index contributed by atoms with van der Waals surface area (Å²) >= 11 is 2.25. The van der Waals surface area contributed by atoms with Crippen molar-refractivity contribution in [1.29, 1.82) is 5.26 Å². The molecule has 10 heteroatoms. The highest BCUT2D eigenvalue weighted by molar-refractivity contribution is 8.17. The maximum Gasteiger partial charge on any atom is 0.303 e. The van der Waals surface area contributed by atoms with Crippen LogP contribution in [0.4, 0.5) is 0 Å². The molecule has 0 rings (SSSR count). The SMILES string of the molecule is CCCCCCCCCCCCS(=O)(=O)C(=S)C(C#N)(CCC(=O)O)CS(=O)[O-]. The van der Waals surface area contributed by atoms with Gasteiger partial charge in [-0.1, -0.05) is 88.0 Å². The Morgan fingerprint density at radius 1 is 1.10 bits per heavy atom. The van der Waals surface area contributed by atoms with E-state index in [1.807, 2.05) is 0 Å². The number of carboxylic acid groups (broad SMARTS) is 1. The molecule has 0 aromatic heterocycles. The van der Waals surface area contributed by atoms with Crippen LogP contribution in [0.3, 0.4) is 0 Å². The molecule has 0 saturated heterocycles. The molecule has 1 N–H and O–H groups in total. The maximum atomic E-state index is 12.6. The minimum atomic E-state index is -3.99. The van der Waals surface area contributed by atoms with Gasteiger partial charge < -0.3 is 9.66 Å². The lowest BCUT2D eigenvalue weighted by Gasteiger charge is -2.27. The van der Waals surface area contributed by atoms with Crippen LogP contribution in [0.2, 0.25) is 0 Å². The van der Waals surface area contributed by atoms with E-state index >= 15 is 0 Å².